The van der Waals surface area contributed by atoms with Gasteiger partial charge >= 0.3 is 6.09 Å². The number of hydrogen-bond donors (Lipinski definition) is 2. The predicted molar refractivity (Wildman–Crippen MR) is 81.1 cm³/mol. The molecular weight excluding hydrogens is 300 g/mol. The van der Waals surface area contributed by atoms with Crippen molar-refractivity contribution in [2.45, 2.75) is 26.7 Å². The maximum absolute atomic E-state index is 11.6. The number of amides is 2. The van der Waals surface area contributed by atoms with Gasteiger partial charge in [-0.05, 0) is 26.0 Å². The molecule has 0 unspecified atom stereocenters. The lowest BCUT2D eigenvalue weighted by molar-refractivity contribution is -0.122. The summed E-state index contributed by atoms with van der Waals surface area (Å²) in [6.45, 7) is 3.89. The standard InChI is InChI=1S/C15H18N4O4/c1-3-22-15(21)19-16-12(20)8-9-13-17-18-14(23-13)11-6-4-10(2)5-7-11/h4-7H,3,8-9H2,1-2H3,(H,16,20)(H,19,21). The van der Waals surface area contributed by atoms with E-state index in [1.54, 1.807) is 6.92 Å². The van der Waals surface area contributed by atoms with Crippen molar-refractivity contribution in [3.63, 3.8) is 0 Å². The van der Waals surface area contributed by atoms with E-state index in [0.29, 0.717) is 11.8 Å². The molecule has 1 aromatic carbocycles. The van der Waals surface area contributed by atoms with Crippen LogP contribution in [0.1, 0.15) is 24.8 Å². The summed E-state index contributed by atoms with van der Waals surface area (Å²) < 4.78 is 10.1. The van der Waals surface area contributed by atoms with Gasteiger partial charge in [0, 0.05) is 18.4 Å². The number of hydrogen-bond acceptors (Lipinski definition) is 6. The summed E-state index contributed by atoms with van der Waals surface area (Å²) in [5, 5.41) is 7.86. The lowest BCUT2D eigenvalue weighted by Gasteiger charge is -2.05. The summed E-state index contributed by atoms with van der Waals surface area (Å²) in [5.41, 5.74) is 6.32. The van der Waals surface area contributed by atoms with Gasteiger partial charge in [-0.1, -0.05) is 17.7 Å². The van der Waals surface area contributed by atoms with Crippen molar-refractivity contribution in [3.05, 3.63) is 35.7 Å². The van der Waals surface area contributed by atoms with Crippen LogP contribution in [0.4, 0.5) is 4.79 Å². The summed E-state index contributed by atoms with van der Waals surface area (Å²) in [7, 11) is 0. The van der Waals surface area contributed by atoms with Crippen LogP contribution < -0.4 is 10.9 Å². The smallest absolute Gasteiger partial charge is 0.426 e. The molecule has 0 atom stereocenters. The second-order valence-electron chi connectivity index (χ2n) is 4.76. The number of aryl methyl sites for hydroxylation is 2. The summed E-state index contributed by atoms with van der Waals surface area (Å²) in [6, 6.07) is 7.69. The van der Waals surface area contributed by atoms with Crippen molar-refractivity contribution in [2.24, 2.45) is 0 Å². The first-order valence-electron chi connectivity index (χ1n) is 7.19. The second-order valence-corrected chi connectivity index (χ2v) is 4.76. The average molecular weight is 318 g/mol. The number of rotatable bonds is 5. The van der Waals surface area contributed by atoms with Crippen LogP contribution in [0.2, 0.25) is 0 Å². The van der Waals surface area contributed by atoms with Gasteiger partial charge in [0.15, 0.2) is 0 Å². The van der Waals surface area contributed by atoms with E-state index in [1.807, 2.05) is 31.2 Å². The van der Waals surface area contributed by atoms with Crippen LogP contribution in [0.25, 0.3) is 11.5 Å². The third-order valence-electron chi connectivity index (χ3n) is 2.91. The molecule has 23 heavy (non-hydrogen) atoms. The number of benzene rings is 1. The fourth-order valence-electron chi connectivity index (χ4n) is 1.74. The number of nitrogens with zero attached hydrogens (tertiary/aromatic N) is 2. The van der Waals surface area contributed by atoms with Crippen molar-refractivity contribution in [1.82, 2.24) is 21.0 Å². The zero-order chi connectivity index (χ0) is 16.7. The molecule has 0 fully saturated rings. The van der Waals surface area contributed by atoms with Crippen LogP contribution in [0.3, 0.4) is 0 Å². The zero-order valence-corrected chi connectivity index (χ0v) is 13.0. The monoisotopic (exact) mass is 318 g/mol. The van der Waals surface area contributed by atoms with Crippen LogP contribution in [-0.4, -0.2) is 28.8 Å². The van der Waals surface area contributed by atoms with Gasteiger partial charge in [0.2, 0.25) is 17.7 Å². The van der Waals surface area contributed by atoms with Gasteiger partial charge in [-0.25, -0.2) is 10.2 Å². The maximum Gasteiger partial charge on any atom is 0.426 e. The molecule has 1 aromatic heterocycles. The van der Waals surface area contributed by atoms with Gasteiger partial charge in [-0.15, -0.1) is 10.2 Å². The maximum atomic E-state index is 11.6. The molecule has 2 N–H and O–H groups in total. The first kappa shape index (κ1) is 16.5. The summed E-state index contributed by atoms with van der Waals surface area (Å²) in [4.78, 5) is 22.6. The molecule has 2 aromatic rings. The molecule has 2 amide bonds. The lowest BCUT2D eigenvalue weighted by atomic mass is 10.1. The van der Waals surface area contributed by atoms with Crippen LogP contribution in [0.5, 0.6) is 0 Å². The van der Waals surface area contributed by atoms with Crippen molar-refractivity contribution in [3.8, 4) is 11.5 Å². The Morgan fingerprint density at radius 1 is 1.17 bits per heavy atom. The number of aromatic nitrogens is 2. The van der Waals surface area contributed by atoms with Crippen LogP contribution in [-0.2, 0) is 16.0 Å². The summed E-state index contributed by atoms with van der Waals surface area (Å²) >= 11 is 0. The molecular formula is C15H18N4O4. The fourth-order valence-corrected chi connectivity index (χ4v) is 1.74. The molecule has 0 aliphatic carbocycles. The Kier molecular flexibility index (Phi) is 5.67. The number of carbonyl (C=O) groups excluding carboxylic acids is 2. The SMILES string of the molecule is CCOC(=O)NNC(=O)CCc1nnc(-c2ccc(C)cc2)o1. The van der Waals surface area contributed by atoms with Gasteiger partial charge in [0.1, 0.15) is 0 Å². The third kappa shape index (κ3) is 5.10. The molecule has 0 aliphatic rings. The number of nitrogens with one attached hydrogen (secondary N) is 2. The number of carbonyl (C=O) groups is 2. The van der Waals surface area contributed by atoms with E-state index in [-0.39, 0.29) is 25.4 Å². The molecule has 0 spiro atoms. The van der Waals surface area contributed by atoms with E-state index in [9.17, 15) is 9.59 Å². The number of hydrazine groups is 1. The zero-order valence-electron chi connectivity index (χ0n) is 13.0. The van der Waals surface area contributed by atoms with E-state index in [0.717, 1.165) is 11.1 Å². The Bertz CT molecular complexity index is 666. The molecule has 0 radical (unpaired) electrons. The Balaban J connectivity index is 1.81. The highest BCUT2D eigenvalue weighted by atomic mass is 16.5. The highest BCUT2D eigenvalue weighted by Gasteiger charge is 2.11. The molecule has 1 heterocycles. The molecule has 8 nitrogen and oxygen atoms in total. The third-order valence-corrected chi connectivity index (χ3v) is 2.91. The van der Waals surface area contributed by atoms with Gasteiger partial charge in [0.05, 0.1) is 6.61 Å². The van der Waals surface area contributed by atoms with E-state index < -0.39 is 6.09 Å². The summed E-state index contributed by atoms with van der Waals surface area (Å²) in [5.74, 6) is 0.380. The quantitative estimate of drug-likeness (QED) is 0.814. The van der Waals surface area contributed by atoms with Crippen molar-refractivity contribution in [1.29, 1.82) is 0 Å². The molecule has 0 aliphatic heterocycles. The van der Waals surface area contributed by atoms with Crippen molar-refractivity contribution >= 4 is 12.0 Å². The van der Waals surface area contributed by atoms with Gasteiger partial charge in [-0.2, -0.15) is 0 Å². The van der Waals surface area contributed by atoms with Crippen molar-refractivity contribution < 1.29 is 18.7 Å². The first-order valence-corrected chi connectivity index (χ1v) is 7.19. The van der Waals surface area contributed by atoms with Crippen LogP contribution in [0.15, 0.2) is 28.7 Å². The predicted octanol–water partition coefficient (Wildman–Crippen LogP) is 1.75. The van der Waals surface area contributed by atoms with Gasteiger partial charge < -0.3 is 9.15 Å². The second kappa shape index (κ2) is 7.92. The largest absolute Gasteiger partial charge is 0.449 e. The molecule has 0 bridgehead atoms. The molecule has 122 valence electrons. The minimum Gasteiger partial charge on any atom is -0.449 e. The Morgan fingerprint density at radius 2 is 1.91 bits per heavy atom. The lowest BCUT2D eigenvalue weighted by Crippen LogP contribution is -2.42. The van der Waals surface area contributed by atoms with Gasteiger partial charge in [-0.3, -0.25) is 10.2 Å². The Hall–Kier alpha value is -2.90. The molecule has 0 saturated heterocycles. The van der Waals surface area contributed by atoms with E-state index in [1.165, 1.54) is 0 Å². The Labute approximate surface area is 133 Å². The molecule has 0 saturated carbocycles. The Morgan fingerprint density at radius 3 is 2.61 bits per heavy atom. The normalized spacial score (nSPS) is 10.2. The topological polar surface area (TPSA) is 106 Å². The average Bonchev–Trinajstić information content (AvgIpc) is 3.01. The van der Waals surface area contributed by atoms with E-state index >= 15 is 0 Å². The highest BCUT2D eigenvalue weighted by molar-refractivity contribution is 5.79. The fraction of sp³-hybridized carbons (Fsp3) is 0.333. The first-order chi connectivity index (χ1) is 11.1. The minimum atomic E-state index is -0.708. The molecule has 2 rings (SSSR count). The highest BCUT2D eigenvalue weighted by Crippen LogP contribution is 2.18. The van der Waals surface area contributed by atoms with E-state index in [4.69, 9.17) is 4.42 Å². The molecule has 8 heteroatoms. The van der Waals surface area contributed by atoms with E-state index in [2.05, 4.69) is 25.8 Å². The number of ether oxygens (including phenoxy) is 1. The minimum absolute atomic E-state index is 0.0991. The van der Waals surface area contributed by atoms with Crippen LogP contribution in [0, 0.1) is 6.92 Å². The summed E-state index contributed by atoms with van der Waals surface area (Å²) in [6.07, 6.45) is -0.336. The van der Waals surface area contributed by atoms with Crippen LogP contribution >= 0.6 is 0 Å². The van der Waals surface area contributed by atoms with Crippen molar-refractivity contribution in [2.75, 3.05) is 6.61 Å². The van der Waals surface area contributed by atoms with Gasteiger partial charge in [0.25, 0.3) is 0 Å².